The Morgan fingerprint density at radius 1 is 1.31 bits per heavy atom. The van der Waals surface area contributed by atoms with E-state index < -0.39 is 17.8 Å². The highest BCUT2D eigenvalue weighted by atomic mass is 19.4. The van der Waals surface area contributed by atoms with Crippen molar-refractivity contribution in [2.75, 3.05) is 13.1 Å². The molecule has 1 heterocycles. The summed E-state index contributed by atoms with van der Waals surface area (Å²) in [5.74, 6) is -2.52. The molecule has 16 heavy (non-hydrogen) atoms. The second kappa shape index (κ2) is 5.47. The fourth-order valence-electron chi connectivity index (χ4n) is 1.24. The first-order valence-electron chi connectivity index (χ1n) is 4.75. The Labute approximate surface area is 90.8 Å². The van der Waals surface area contributed by atoms with Crippen molar-refractivity contribution in [3.63, 3.8) is 0 Å². The average Bonchev–Trinajstić information content (AvgIpc) is 2.52. The van der Waals surface area contributed by atoms with E-state index in [0.29, 0.717) is 0 Å². The van der Waals surface area contributed by atoms with Crippen LogP contribution in [0, 0.1) is 5.92 Å². The van der Waals surface area contributed by atoms with Gasteiger partial charge in [-0.2, -0.15) is 13.2 Å². The quantitative estimate of drug-likeness (QED) is 0.694. The van der Waals surface area contributed by atoms with Crippen molar-refractivity contribution in [2.45, 2.75) is 32.1 Å². The summed E-state index contributed by atoms with van der Waals surface area (Å²) in [4.78, 5) is 8.90. The van der Waals surface area contributed by atoms with Crippen LogP contribution in [0.4, 0.5) is 17.6 Å². The summed E-state index contributed by atoms with van der Waals surface area (Å²) >= 11 is 0. The molecule has 7 heteroatoms. The SMILES string of the molecule is CC(C)(F)C1CCNC1.O=C(O)C(F)(F)F. The smallest absolute Gasteiger partial charge is 0.475 e. The molecule has 0 spiro atoms. The number of carboxylic acid groups (broad SMARTS) is 1. The molecule has 1 aliphatic heterocycles. The van der Waals surface area contributed by atoms with Gasteiger partial charge in [0.15, 0.2) is 0 Å². The molecule has 96 valence electrons. The van der Waals surface area contributed by atoms with Gasteiger partial charge in [-0.1, -0.05) is 0 Å². The lowest BCUT2D eigenvalue weighted by Crippen LogP contribution is -2.27. The van der Waals surface area contributed by atoms with Crippen molar-refractivity contribution in [3.8, 4) is 0 Å². The summed E-state index contributed by atoms with van der Waals surface area (Å²) in [6.45, 7) is 5.15. The molecular formula is C9H15F4NO2. The Hall–Kier alpha value is -0.850. The Kier molecular flexibility index (Phi) is 5.18. The highest BCUT2D eigenvalue weighted by molar-refractivity contribution is 5.73. The van der Waals surface area contributed by atoms with Crippen LogP contribution >= 0.6 is 0 Å². The van der Waals surface area contributed by atoms with Gasteiger partial charge in [-0.3, -0.25) is 0 Å². The first-order valence-corrected chi connectivity index (χ1v) is 4.75. The van der Waals surface area contributed by atoms with Crippen LogP contribution in [0.15, 0.2) is 0 Å². The maximum Gasteiger partial charge on any atom is 0.490 e. The van der Waals surface area contributed by atoms with Gasteiger partial charge >= 0.3 is 12.1 Å². The molecule has 1 saturated heterocycles. The molecule has 0 amide bonds. The molecule has 0 aliphatic carbocycles. The first-order chi connectivity index (χ1) is 7.05. The standard InChI is InChI=1S/C7H14FN.C2HF3O2/c1-7(2,8)6-3-4-9-5-6;3-2(4,5)1(6)7/h6,9H,3-5H2,1-2H3;(H,6,7). The number of hydrogen-bond donors (Lipinski definition) is 2. The lowest BCUT2D eigenvalue weighted by atomic mass is 9.92. The van der Waals surface area contributed by atoms with Crippen molar-refractivity contribution in [1.82, 2.24) is 5.32 Å². The maximum atomic E-state index is 13.1. The highest BCUT2D eigenvalue weighted by Gasteiger charge is 2.38. The number of carbonyl (C=O) groups is 1. The fraction of sp³-hybridized carbons (Fsp3) is 0.889. The van der Waals surface area contributed by atoms with E-state index in [4.69, 9.17) is 9.90 Å². The second-order valence-corrected chi connectivity index (χ2v) is 4.06. The van der Waals surface area contributed by atoms with E-state index in [1.54, 1.807) is 13.8 Å². The Morgan fingerprint density at radius 2 is 1.75 bits per heavy atom. The molecular weight excluding hydrogens is 230 g/mol. The Morgan fingerprint density at radius 3 is 1.88 bits per heavy atom. The van der Waals surface area contributed by atoms with E-state index in [-0.39, 0.29) is 5.92 Å². The molecule has 1 aliphatic rings. The molecule has 2 N–H and O–H groups in total. The molecule has 1 unspecified atom stereocenters. The zero-order chi connectivity index (χ0) is 13.0. The zero-order valence-corrected chi connectivity index (χ0v) is 9.07. The normalized spacial score (nSPS) is 21.2. The van der Waals surface area contributed by atoms with Gasteiger partial charge in [0.2, 0.25) is 0 Å². The minimum Gasteiger partial charge on any atom is -0.475 e. The van der Waals surface area contributed by atoms with Gasteiger partial charge in [-0.25, -0.2) is 9.18 Å². The number of nitrogens with one attached hydrogen (secondary N) is 1. The van der Waals surface area contributed by atoms with Crippen LogP contribution in [-0.2, 0) is 4.79 Å². The molecule has 0 bridgehead atoms. The summed E-state index contributed by atoms with van der Waals surface area (Å²) < 4.78 is 44.8. The summed E-state index contributed by atoms with van der Waals surface area (Å²) in [6.07, 6.45) is -4.09. The van der Waals surface area contributed by atoms with Crippen LogP contribution < -0.4 is 5.32 Å². The van der Waals surface area contributed by atoms with Gasteiger partial charge in [-0.15, -0.1) is 0 Å². The second-order valence-electron chi connectivity index (χ2n) is 4.06. The molecule has 0 saturated carbocycles. The molecule has 1 fully saturated rings. The Bertz CT molecular complexity index is 229. The predicted octanol–water partition coefficient (Wildman–Crippen LogP) is 1.98. The average molecular weight is 245 g/mol. The van der Waals surface area contributed by atoms with E-state index in [1.165, 1.54) is 0 Å². The van der Waals surface area contributed by atoms with E-state index in [0.717, 1.165) is 19.5 Å². The highest BCUT2D eigenvalue weighted by Crippen LogP contribution is 2.25. The number of alkyl halides is 4. The predicted molar refractivity (Wildman–Crippen MR) is 49.9 cm³/mol. The van der Waals surface area contributed by atoms with Gasteiger partial charge in [0.05, 0.1) is 0 Å². The van der Waals surface area contributed by atoms with Crippen molar-refractivity contribution in [2.24, 2.45) is 5.92 Å². The first kappa shape index (κ1) is 15.2. The van der Waals surface area contributed by atoms with Gasteiger partial charge in [0.25, 0.3) is 0 Å². The molecule has 0 aromatic heterocycles. The third-order valence-electron chi connectivity index (χ3n) is 2.27. The van der Waals surface area contributed by atoms with E-state index in [2.05, 4.69) is 5.32 Å². The van der Waals surface area contributed by atoms with E-state index in [9.17, 15) is 17.6 Å². The number of aliphatic carboxylic acids is 1. The maximum absolute atomic E-state index is 13.1. The monoisotopic (exact) mass is 245 g/mol. The summed E-state index contributed by atoms with van der Waals surface area (Å²) in [7, 11) is 0. The molecule has 0 aromatic rings. The number of carboxylic acids is 1. The lowest BCUT2D eigenvalue weighted by molar-refractivity contribution is -0.192. The molecule has 0 aromatic carbocycles. The third-order valence-corrected chi connectivity index (χ3v) is 2.27. The molecule has 0 radical (unpaired) electrons. The minimum atomic E-state index is -5.08. The Balaban J connectivity index is 0.000000293. The van der Waals surface area contributed by atoms with Gasteiger partial charge in [0, 0.05) is 12.5 Å². The van der Waals surface area contributed by atoms with Gasteiger partial charge in [-0.05, 0) is 26.8 Å². The summed E-state index contributed by atoms with van der Waals surface area (Å²) in [5, 5.41) is 10.3. The van der Waals surface area contributed by atoms with Crippen molar-refractivity contribution in [3.05, 3.63) is 0 Å². The summed E-state index contributed by atoms with van der Waals surface area (Å²) in [5.41, 5.74) is -0.983. The van der Waals surface area contributed by atoms with Crippen LogP contribution in [0.3, 0.4) is 0 Å². The molecule has 1 atom stereocenters. The van der Waals surface area contributed by atoms with Crippen LogP contribution in [0.1, 0.15) is 20.3 Å². The van der Waals surface area contributed by atoms with Crippen LogP contribution in [0.2, 0.25) is 0 Å². The van der Waals surface area contributed by atoms with Crippen molar-refractivity contribution >= 4 is 5.97 Å². The van der Waals surface area contributed by atoms with Crippen LogP contribution in [-0.4, -0.2) is 36.0 Å². The van der Waals surface area contributed by atoms with Crippen molar-refractivity contribution in [1.29, 1.82) is 0 Å². The fourth-order valence-corrected chi connectivity index (χ4v) is 1.24. The molecule has 1 rings (SSSR count). The zero-order valence-electron chi connectivity index (χ0n) is 9.07. The van der Waals surface area contributed by atoms with Gasteiger partial charge in [0.1, 0.15) is 5.67 Å². The minimum absolute atomic E-state index is 0.234. The lowest BCUT2D eigenvalue weighted by Gasteiger charge is -2.20. The summed E-state index contributed by atoms with van der Waals surface area (Å²) in [6, 6.07) is 0. The topological polar surface area (TPSA) is 49.3 Å². The van der Waals surface area contributed by atoms with Crippen LogP contribution in [0.25, 0.3) is 0 Å². The van der Waals surface area contributed by atoms with E-state index >= 15 is 0 Å². The van der Waals surface area contributed by atoms with E-state index in [1.807, 2.05) is 0 Å². The number of halogens is 4. The largest absolute Gasteiger partial charge is 0.490 e. The van der Waals surface area contributed by atoms with Crippen molar-refractivity contribution < 1.29 is 27.5 Å². The molecule has 3 nitrogen and oxygen atoms in total. The third kappa shape index (κ3) is 5.89. The number of rotatable bonds is 1. The van der Waals surface area contributed by atoms with Crippen LogP contribution in [0.5, 0.6) is 0 Å². The number of hydrogen-bond acceptors (Lipinski definition) is 2. The van der Waals surface area contributed by atoms with Gasteiger partial charge < -0.3 is 10.4 Å².